The summed E-state index contributed by atoms with van der Waals surface area (Å²) in [6.07, 6.45) is 0.239. The molecule has 6 nitrogen and oxygen atoms in total. The van der Waals surface area contributed by atoms with Crippen molar-refractivity contribution in [1.29, 1.82) is 0 Å². The quantitative estimate of drug-likeness (QED) is 0.382. The minimum absolute atomic E-state index is 0.239. The summed E-state index contributed by atoms with van der Waals surface area (Å²) in [5.74, 6) is -0.243. The van der Waals surface area contributed by atoms with Crippen LogP contribution in [0.2, 0.25) is 0 Å². The number of hydrogen-bond acceptors (Lipinski definition) is 5. The Balaban J connectivity index is 1.75. The van der Waals surface area contributed by atoms with E-state index < -0.39 is 12.0 Å². The number of carbonyl (C=O) groups is 2. The molecule has 0 aliphatic rings. The highest BCUT2D eigenvalue weighted by molar-refractivity contribution is 6.16. The lowest BCUT2D eigenvalue weighted by atomic mass is 10.0. The Hall–Kier alpha value is -3.93. The van der Waals surface area contributed by atoms with Crippen LogP contribution in [0.25, 0.3) is 21.8 Å². The largest absolute Gasteiger partial charge is 0.496 e. The summed E-state index contributed by atoms with van der Waals surface area (Å²) in [5, 5.41) is 4.31. The fraction of sp³-hybridized carbons (Fsp3) is 0.160. The molecule has 1 aromatic heterocycles. The van der Waals surface area contributed by atoms with E-state index >= 15 is 0 Å². The second kappa shape index (κ2) is 8.83. The number of amides is 1. The third kappa shape index (κ3) is 4.05. The van der Waals surface area contributed by atoms with Crippen molar-refractivity contribution in [3.8, 4) is 5.75 Å². The molecule has 1 amide bonds. The van der Waals surface area contributed by atoms with Gasteiger partial charge in [0.25, 0.3) is 5.91 Å². The third-order valence-corrected chi connectivity index (χ3v) is 5.22. The lowest BCUT2D eigenvalue weighted by Gasteiger charge is -2.19. The maximum Gasteiger partial charge on any atom is 0.328 e. The Morgan fingerprint density at radius 2 is 1.45 bits per heavy atom. The summed E-state index contributed by atoms with van der Waals surface area (Å²) in [6, 6.07) is 21.4. The van der Waals surface area contributed by atoms with E-state index in [2.05, 4.69) is 10.3 Å². The van der Waals surface area contributed by atoms with Crippen molar-refractivity contribution < 1.29 is 19.1 Å². The number of nitrogens with one attached hydrogen (secondary N) is 1. The number of hydrogen-bond donors (Lipinski definition) is 1. The summed E-state index contributed by atoms with van der Waals surface area (Å²) >= 11 is 0. The monoisotopic (exact) mass is 414 g/mol. The highest BCUT2D eigenvalue weighted by Crippen LogP contribution is 2.26. The van der Waals surface area contributed by atoms with Crippen LogP contribution in [0.4, 0.5) is 0 Å². The van der Waals surface area contributed by atoms with Gasteiger partial charge in [-0.2, -0.15) is 0 Å². The number of pyridine rings is 1. The number of ether oxygens (including phenoxy) is 2. The zero-order chi connectivity index (χ0) is 21.8. The molecule has 4 aromatic rings. The van der Waals surface area contributed by atoms with Gasteiger partial charge in [0.2, 0.25) is 0 Å². The van der Waals surface area contributed by atoms with Gasteiger partial charge >= 0.3 is 5.97 Å². The summed E-state index contributed by atoms with van der Waals surface area (Å²) in [7, 11) is 2.88. The van der Waals surface area contributed by atoms with Gasteiger partial charge in [0, 0.05) is 17.2 Å². The first-order chi connectivity index (χ1) is 15.1. The van der Waals surface area contributed by atoms with Crippen molar-refractivity contribution in [2.24, 2.45) is 0 Å². The van der Waals surface area contributed by atoms with Crippen LogP contribution in [0.3, 0.4) is 0 Å². The molecular weight excluding hydrogens is 392 g/mol. The van der Waals surface area contributed by atoms with Crippen LogP contribution in [-0.4, -0.2) is 37.1 Å². The molecule has 0 unspecified atom stereocenters. The van der Waals surface area contributed by atoms with E-state index in [0.717, 1.165) is 16.3 Å². The molecule has 6 heteroatoms. The molecule has 1 heterocycles. The molecule has 0 fully saturated rings. The average molecular weight is 414 g/mol. The van der Waals surface area contributed by atoms with Crippen molar-refractivity contribution in [2.75, 3.05) is 14.2 Å². The van der Waals surface area contributed by atoms with Gasteiger partial charge in [0.1, 0.15) is 11.8 Å². The van der Waals surface area contributed by atoms with Crippen LogP contribution in [0.15, 0.2) is 72.8 Å². The number of carbonyl (C=O) groups excluding carboxylic acids is 2. The molecule has 0 radical (unpaired) electrons. The van der Waals surface area contributed by atoms with Crippen LogP contribution in [0.5, 0.6) is 5.75 Å². The maximum absolute atomic E-state index is 13.5. The summed E-state index contributed by atoms with van der Waals surface area (Å²) in [5.41, 5.74) is 2.71. The van der Waals surface area contributed by atoms with Gasteiger partial charge in [-0.05, 0) is 23.8 Å². The topological polar surface area (TPSA) is 77.5 Å². The third-order valence-electron chi connectivity index (χ3n) is 5.22. The van der Waals surface area contributed by atoms with Gasteiger partial charge in [-0.3, -0.25) is 4.79 Å². The van der Waals surface area contributed by atoms with Gasteiger partial charge < -0.3 is 14.8 Å². The normalized spacial score (nSPS) is 11.8. The molecule has 0 aliphatic carbocycles. The van der Waals surface area contributed by atoms with Gasteiger partial charge in [-0.1, -0.05) is 54.6 Å². The van der Waals surface area contributed by atoms with Crippen molar-refractivity contribution >= 4 is 33.7 Å². The molecule has 1 atom stereocenters. The van der Waals surface area contributed by atoms with E-state index in [1.807, 2.05) is 72.8 Å². The number of nitrogens with zero attached hydrogens (tertiary/aromatic N) is 1. The number of rotatable bonds is 6. The van der Waals surface area contributed by atoms with Crippen molar-refractivity contribution in [1.82, 2.24) is 10.3 Å². The van der Waals surface area contributed by atoms with Crippen molar-refractivity contribution in [3.63, 3.8) is 0 Å². The average Bonchev–Trinajstić information content (AvgIpc) is 2.81. The molecule has 0 saturated heterocycles. The van der Waals surface area contributed by atoms with E-state index in [1.54, 1.807) is 7.11 Å². The number of aromatic nitrogens is 1. The fourth-order valence-electron chi connectivity index (χ4n) is 3.74. The Morgan fingerprint density at radius 1 is 0.871 bits per heavy atom. The molecule has 0 bridgehead atoms. The first-order valence-corrected chi connectivity index (χ1v) is 9.90. The van der Waals surface area contributed by atoms with Crippen LogP contribution in [-0.2, 0) is 16.0 Å². The van der Waals surface area contributed by atoms with E-state index in [4.69, 9.17) is 9.47 Å². The van der Waals surface area contributed by atoms with E-state index in [-0.39, 0.29) is 12.3 Å². The van der Waals surface area contributed by atoms with Gasteiger partial charge in [-0.25, -0.2) is 9.78 Å². The number of methoxy groups -OCH3 is 2. The Morgan fingerprint density at radius 3 is 2.06 bits per heavy atom. The molecular formula is C25H22N2O4. The van der Waals surface area contributed by atoms with Crippen molar-refractivity contribution in [2.45, 2.75) is 12.5 Å². The van der Waals surface area contributed by atoms with Crippen LogP contribution in [0.1, 0.15) is 15.9 Å². The SMILES string of the molecule is COC(=O)[C@@H](Cc1ccccc1OC)NC(=O)c1c2ccccc2nc2ccccc12. The minimum Gasteiger partial charge on any atom is -0.496 e. The highest BCUT2D eigenvalue weighted by Gasteiger charge is 2.26. The summed E-state index contributed by atoms with van der Waals surface area (Å²) in [6.45, 7) is 0. The summed E-state index contributed by atoms with van der Waals surface area (Å²) < 4.78 is 10.4. The number of para-hydroxylation sites is 3. The Labute approximate surface area is 179 Å². The first-order valence-electron chi connectivity index (χ1n) is 9.90. The second-order valence-electron chi connectivity index (χ2n) is 7.09. The highest BCUT2D eigenvalue weighted by atomic mass is 16.5. The molecule has 31 heavy (non-hydrogen) atoms. The van der Waals surface area contributed by atoms with E-state index in [0.29, 0.717) is 22.3 Å². The Kier molecular flexibility index (Phi) is 5.80. The van der Waals surface area contributed by atoms with Gasteiger partial charge in [0.15, 0.2) is 0 Å². The molecule has 0 saturated carbocycles. The zero-order valence-electron chi connectivity index (χ0n) is 17.3. The first kappa shape index (κ1) is 20.3. The minimum atomic E-state index is -0.875. The predicted octanol–water partition coefficient (Wildman–Crippen LogP) is 3.91. The smallest absolute Gasteiger partial charge is 0.328 e. The van der Waals surface area contributed by atoms with Crippen LogP contribution >= 0.6 is 0 Å². The van der Waals surface area contributed by atoms with Crippen LogP contribution in [0, 0.1) is 0 Å². The van der Waals surface area contributed by atoms with E-state index in [1.165, 1.54) is 7.11 Å². The van der Waals surface area contributed by atoms with Crippen LogP contribution < -0.4 is 10.1 Å². The van der Waals surface area contributed by atoms with Gasteiger partial charge in [-0.15, -0.1) is 0 Å². The number of fused-ring (bicyclic) bond motifs is 2. The zero-order valence-corrected chi connectivity index (χ0v) is 17.3. The Bertz CT molecular complexity index is 1210. The molecule has 1 N–H and O–H groups in total. The number of benzene rings is 3. The molecule has 3 aromatic carbocycles. The maximum atomic E-state index is 13.5. The lowest BCUT2D eigenvalue weighted by Crippen LogP contribution is -2.43. The molecule has 0 aliphatic heterocycles. The fourth-order valence-corrected chi connectivity index (χ4v) is 3.74. The molecule has 4 rings (SSSR count). The second-order valence-corrected chi connectivity index (χ2v) is 7.09. The predicted molar refractivity (Wildman–Crippen MR) is 119 cm³/mol. The molecule has 156 valence electrons. The number of esters is 1. The van der Waals surface area contributed by atoms with Crippen molar-refractivity contribution in [3.05, 3.63) is 83.9 Å². The summed E-state index contributed by atoms with van der Waals surface area (Å²) in [4.78, 5) is 30.6. The lowest BCUT2D eigenvalue weighted by molar-refractivity contribution is -0.142. The standard InChI is InChI=1S/C25H22N2O4/c1-30-22-14-8-3-9-16(22)15-21(25(29)31-2)27-24(28)23-17-10-4-6-12-19(17)26-20-13-7-5-11-18(20)23/h3-14,21H,15H2,1-2H3,(H,27,28)/t21-/m1/s1. The van der Waals surface area contributed by atoms with Gasteiger partial charge in [0.05, 0.1) is 30.8 Å². The molecule has 0 spiro atoms. The van der Waals surface area contributed by atoms with E-state index in [9.17, 15) is 9.59 Å².